The molecular formula is C19H26ClN3O2. The van der Waals surface area contributed by atoms with Gasteiger partial charge in [-0.3, -0.25) is 9.59 Å². The molecule has 0 bridgehead atoms. The van der Waals surface area contributed by atoms with Crippen molar-refractivity contribution in [1.29, 1.82) is 0 Å². The fraction of sp³-hybridized carbons (Fsp3) is 0.579. The molecule has 2 amide bonds. The predicted molar refractivity (Wildman–Crippen MR) is 99.9 cm³/mol. The van der Waals surface area contributed by atoms with Crippen LogP contribution in [-0.2, 0) is 9.59 Å². The summed E-state index contributed by atoms with van der Waals surface area (Å²) in [6.45, 7) is 2.75. The highest BCUT2D eigenvalue weighted by Gasteiger charge is 2.58. The van der Waals surface area contributed by atoms with Crippen molar-refractivity contribution in [2.24, 2.45) is 11.3 Å². The molecule has 1 aliphatic carbocycles. The molecule has 1 spiro atoms. The van der Waals surface area contributed by atoms with E-state index in [-0.39, 0.29) is 41.6 Å². The van der Waals surface area contributed by atoms with Crippen LogP contribution in [-0.4, -0.2) is 37.5 Å². The van der Waals surface area contributed by atoms with Crippen molar-refractivity contribution < 1.29 is 9.59 Å². The third-order valence-electron chi connectivity index (χ3n) is 5.93. The first-order chi connectivity index (χ1) is 11.7. The third kappa shape index (κ3) is 3.53. The van der Waals surface area contributed by atoms with E-state index in [0.717, 1.165) is 57.4 Å². The smallest absolute Gasteiger partial charge is 0.249 e. The first kappa shape index (κ1) is 18.2. The molecule has 2 unspecified atom stereocenters. The second kappa shape index (κ2) is 7.34. The maximum Gasteiger partial charge on any atom is 0.249 e. The number of carbonyl (C=O) groups excluding carboxylic acids is 2. The number of carbonyl (C=O) groups is 2. The number of piperidine rings is 2. The minimum Gasteiger partial charge on any atom is -0.344 e. The van der Waals surface area contributed by atoms with E-state index in [4.69, 9.17) is 0 Å². The second-order valence-corrected chi connectivity index (χ2v) is 7.40. The van der Waals surface area contributed by atoms with Crippen molar-refractivity contribution in [2.75, 3.05) is 24.5 Å². The van der Waals surface area contributed by atoms with E-state index in [1.54, 1.807) is 0 Å². The molecule has 0 aromatic heterocycles. The normalized spacial score (nSPS) is 27.5. The summed E-state index contributed by atoms with van der Waals surface area (Å²) in [4.78, 5) is 27.2. The lowest BCUT2D eigenvalue weighted by Gasteiger charge is -2.33. The number of nitrogens with zero attached hydrogens (tertiary/aromatic N) is 1. The third-order valence-corrected chi connectivity index (χ3v) is 5.93. The standard InChI is InChI=1S/C19H25N3O2.ClH/c23-17(15-13-19(15)8-10-20-11-9-19)21-16-7-4-12-22(18(16)24)14-5-2-1-3-6-14;/h1-3,5-6,15-16,20H,4,7-13H2,(H,21,23);1H. The summed E-state index contributed by atoms with van der Waals surface area (Å²) >= 11 is 0. The molecule has 136 valence electrons. The van der Waals surface area contributed by atoms with Gasteiger partial charge in [0.15, 0.2) is 0 Å². The summed E-state index contributed by atoms with van der Waals surface area (Å²) in [6.07, 6.45) is 4.82. The van der Waals surface area contributed by atoms with Crippen LogP contribution in [0.4, 0.5) is 5.69 Å². The van der Waals surface area contributed by atoms with Crippen molar-refractivity contribution in [3.63, 3.8) is 0 Å². The molecule has 4 rings (SSSR count). The number of anilines is 1. The Labute approximate surface area is 154 Å². The van der Waals surface area contributed by atoms with Crippen LogP contribution >= 0.6 is 12.4 Å². The number of para-hydroxylation sites is 1. The fourth-order valence-corrected chi connectivity index (χ4v) is 4.34. The molecule has 2 aliphatic heterocycles. The van der Waals surface area contributed by atoms with Gasteiger partial charge < -0.3 is 15.5 Å². The molecule has 3 fully saturated rings. The fourth-order valence-electron chi connectivity index (χ4n) is 4.34. The van der Waals surface area contributed by atoms with Crippen LogP contribution in [0.5, 0.6) is 0 Å². The average Bonchev–Trinajstić information content (AvgIpc) is 3.31. The summed E-state index contributed by atoms with van der Waals surface area (Å²) in [5, 5.41) is 6.41. The Bertz CT molecular complexity index is 631. The highest BCUT2D eigenvalue weighted by molar-refractivity contribution is 6.00. The van der Waals surface area contributed by atoms with Gasteiger partial charge in [-0.1, -0.05) is 18.2 Å². The summed E-state index contributed by atoms with van der Waals surface area (Å²) in [5.41, 5.74) is 1.13. The first-order valence-electron chi connectivity index (χ1n) is 9.07. The number of hydrogen-bond acceptors (Lipinski definition) is 3. The van der Waals surface area contributed by atoms with Gasteiger partial charge in [-0.05, 0) is 62.7 Å². The van der Waals surface area contributed by atoms with Crippen LogP contribution in [0.25, 0.3) is 0 Å². The van der Waals surface area contributed by atoms with Crippen molar-refractivity contribution in [2.45, 2.75) is 38.1 Å². The molecule has 3 aliphatic rings. The zero-order chi connectivity index (χ0) is 16.6. The van der Waals surface area contributed by atoms with Gasteiger partial charge in [0.1, 0.15) is 6.04 Å². The molecule has 2 N–H and O–H groups in total. The Balaban J connectivity index is 0.00000182. The quantitative estimate of drug-likeness (QED) is 0.864. The SMILES string of the molecule is Cl.O=C(NC1CCCN(c2ccccc2)C1=O)C1CC12CCNCC2. The van der Waals surface area contributed by atoms with E-state index in [9.17, 15) is 9.59 Å². The lowest BCUT2D eigenvalue weighted by Crippen LogP contribution is -2.53. The molecule has 6 heteroatoms. The van der Waals surface area contributed by atoms with Gasteiger partial charge in [-0.15, -0.1) is 12.4 Å². The predicted octanol–water partition coefficient (Wildman–Crippen LogP) is 2.11. The largest absolute Gasteiger partial charge is 0.344 e. The van der Waals surface area contributed by atoms with Crippen LogP contribution in [0, 0.1) is 11.3 Å². The average molecular weight is 364 g/mol. The number of benzene rings is 1. The van der Waals surface area contributed by atoms with E-state index < -0.39 is 0 Å². The van der Waals surface area contributed by atoms with Crippen molar-refractivity contribution in [1.82, 2.24) is 10.6 Å². The van der Waals surface area contributed by atoms with Crippen LogP contribution < -0.4 is 15.5 Å². The summed E-state index contributed by atoms with van der Waals surface area (Å²) in [7, 11) is 0. The molecule has 2 saturated heterocycles. The zero-order valence-corrected chi connectivity index (χ0v) is 15.2. The van der Waals surface area contributed by atoms with Gasteiger partial charge in [0.2, 0.25) is 11.8 Å². The molecule has 0 radical (unpaired) electrons. The topological polar surface area (TPSA) is 61.4 Å². The van der Waals surface area contributed by atoms with Gasteiger partial charge in [-0.2, -0.15) is 0 Å². The molecule has 25 heavy (non-hydrogen) atoms. The van der Waals surface area contributed by atoms with Gasteiger partial charge in [0, 0.05) is 18.2 Å². The number of nitrogens with one attached hydrogen (secondary N) is 2. The zero-order valence-electron chi connectivity index (χ0n) is 14.4. The van der Waals surface area contributed by atoms with Crippen LogP contribution in [0.2, 0.25) is 0 Å². The number of hydrogen-bond donors (Lipinski definition) is 2. The molecule has 1 aromatic rings. The Morgan fingerprint density at radius 2 is 1.92 bits per heavy atom. The lowest BCUT2D eigenvalue weighted by atomic mass is 9.91. The van der Waals surface area contributed by atoms with Crippen molar-refractivity contribution >= 4 is 29.9 Å². The molecular weight excluding hydrogens is 338 g/mol. The van der Waals surface area contributed by atoms with E-state index in [1.165, 1.54) is 0 Å². The second-order valence-electron chi connectivity index (χ2n) is 7.40. The van der Waals surface area contributed by atoms with Crippen molar-refractivity contribution in [3.8, 4) is 0 Å². The summed E-state index contributed by atoms with van der Waals surface area (Å²) < 4.78 is 0. The van der Waals surface area contributed by atoms with E-state index in [0.29, 0.717) is 0 Å². The molecule has 2 atom stereocenters. The van der Waals surface area contributed by atoms with E-state index in [2.05, 4.69) is 10.6 Å². The van der Waals surface area contributed by atoms with Crippen LogP contribution in [0.15, 0.2) is 30.3 Å². The molecule has 5 nitrogen and oxygen atoms in total. The highest BCUT2D eigenvalue weighted by atomic mass is 35.5. The Morgan fingerprint density at radius 1 is 1.20 bits per heavy atom. The lowest BCUT2D eigenvalue weighted by molar-refractivity contribution is -0.129. The minimum absolute atomic E-state index is 0. The van der Waals surface area contributed by atoms with E-state index >= 15 is 0 Å². The van der Waals surface area contributed by atoms with Crippen LogP contribution in [0.1, 0.15) is 32.1 Å². The Morgan fingerprint density at radius 3 is 2.64 bits per heavy atom. The molecule has 1 aromatic carbocycles. The number of amides is 2. The summed E-state index contributed by atoms with van der Waals surface area (Å²) in [5.74, 6) is 0.227. The van der Waals surface area contributed by atoms with Crippen molar-refractivity contribution in [3.05, 3.63) is 30.3 Å². The van der Waals surface area contributed by atoms with E-state index in [1.807, 2.05) is 35.2 Å². The molecule has 2 heterocycles. The maximum atomic E-state index is 12.8. The maximum absolute atomic E-state index is 12.8. The van der Waals surface area contributed by atoms with Gasteiger partial charge in [-0.25, -0.2) is 0 Å². The van der Waals surface area contributed by atoms with Gasteiger partial charge >= 0.3 is 0 Å². The highest BCUT2D eigenvalue weighted by Crippen LogP contribution is 2.58. The number of rotatable bonds is 3. The van der Waals surface area contributed by atoms with Gasteiger partial charge in [0.05, 0.1) is 0 Å². The first-order valence-corrected chi connectivity index (χ1v) is 9.07. The van der Waals surface area contributed by atoms with Crippen LogP contribution in [0.3, 0.4) is 0 Å². The minimum atomic E-state index is -0.370. The number of halogens is 1. The molecule has 1 saturated carbocycles. The summed E-state index contributed by atoms with van der Waals surface area (Å²) in [6, 6.07) is 9.36. The van der Waals surface area contributed by atoms with Gasteiger partial charge in [0.25, 0.3) is 0 Å². The Kier molecular flexibility index (Phi) is 5.35. The monoisotopic (exact) mass is 363 g/mol. The Hall–Kier alpha value is -1.59.